The molecule has 0 aromatic heterocycles. The standard InChI is InChI=1S/C15H26N2/c1-5-17(11-10-16-13(2)3)12-15-8-6-14(4)7-9-15/h6-9,13,16H,5,10-12H2,1-4H3. The lowest BCUT2D eigenvalue weighted by molar-refractivity contribution is 0.276. The molecule has 0 heterocycles. The summed E-state index contributed by atoms with van der Waals surface area (Å²) in [6.45, 7) is 13.1. The first-order valence-corrected chi connectivity index (χ1v) is 6.63. The molecule has 1 aromatic rings. The molecule has 0 atom stereocenters. The van der Waals surface area contributed by atoms with E-state index in [9.17, 15) is 0 Å². The average Bonchev–Trinajstić information content (AvgIpc) is 2.30. The van der Waals surface area contributed by atoms with Crippen molar-refractivity contribution < 1.29 is 0 Å². The number of aryl methyl sites for hydroxylation is 1. The second kappa shape index (κ2) is 7.46. The lowest BCUT2D eigenvalue weighted by Crippen LogP contribution is -2.34. The maximum atomic E-state index is 3.46. The predicted molar refractivity (Wildman–Crippen MR) is 75.3 cm³/mol. The van der Waals surface area contributed by atoms with Gasteiger partial charge in [-0.15, -0.1) is 0 Å². The third-order valence-corrected chi connectivity index (χ3v) is 2.95. The van der Waals surface area contributed by atoms with Gasteiger partial charge in [0, 0.05) is 25.7 Å². The van der Waals surface area contributed by atoms with Crippen molar-refractivity contribution in [3.05, 3.63) is 35.4 Å². The highest BCUT2D eigenvalue weighted by atomic mass is 15.1. The van der Waals surface area contributed by atoms with E-state index in [2.05, 4.69) is 62.2 Å². The number of hydrogen-bond donors (Lipinski definition) is 1. The molecular formula is C15H26N2. The molecule has 1 aromatic carbocycles. The van der Waals surface area contributed by atoms with Crippen molar-refractivity contribution in [1.82, 2.24) is 10.2 Å². The minimum Gasteiger partial charge on any atom is -0.313 e. The number of rotatable bonds is 7. The Morgan fingerprint density at radius 3 is 2.35 bits per heavy atom. The van der Waals surface area contributed by atoms with Gasteiger partial charge in [0.05, 0.1) is 0 Å². The van der Waals surface area contributed by atoms with E-state index in [0.29, 0.717) is 6.04 Å². The van der Waals surface area contributed by atoms with Gasteiger partial charge < -0.3 is 5.32 Å². The zero-order valence-corrected chi connectivity index (χ0v) is 11.7. The van der Waals surface area contributed by atoms with E-state index in [0.717, 1.165) is 26.2 Å². The van der Waals surface area contributed by atoms with Gasteiger partial charge in [-0.25, -0.2) is 0 Å². The Balaban J connectivity index is 2.38. The SMILES string of the molecule is CCN(CCNC(C)C)Cc1ccc(C)cc1. The molecule has 2 nitrogen and oxygen atoms in total. The van der Waals surface area contributed by atoms with E-state index >= 15 is 0 Å². The molecule has 0 fully saturated rings. The fraction of sp³-hybridized carbons (Fsp3) is 0.600. The lowest BCUT2D eigenvalue weighted by Gasteiger charge is -2.21. The van der Waals surface area contributed by atoms with Crippen molar-refractivity contribution in [1.29, 1.82) is 0 Å². The molecule has 0 aliphatic heterocycles. The van der Waals surface area contributed by atoms with Crippen molar-refractivity contribution in [3.63, 3.8) is 0 Å². The van der Waals surface area contributed by atoms with Gasteiger partial charge in [-0.2, -0.15) is 0 Å². The number of hydrogen-bond acceptors (Lipinski definition) is 2. The smallest absolute Gasteiger partial charge is 0.0234 e. The summed E-state index contributed by atoms with van der Waals surface area (Å²) in [6, 6.07) is 9.42. The van der Waals surface area contributed by atoms with Gasteiger partial charge in [-0.1, -0.05) is 50.6 Å². The minimum absolute atomic E-state index is 0.577. The molecule has 0 amide bonds. The van der Waals surface area contributed by atoms with E-state index in [-0.39, 0.29) is 0 Å². The van der Waals surface area contributed by atoms with Gasteiger partial charge in [-0.05, 0) is 19.0 Å². The van der Waals surface area contributed by atoms with Crippen molar-refractivity contribution in [2.45, 2.75) is 40.3 Å². The largest absolute Gasteiger partial charge is 0.313 e. The van der Waals surface area contributed by atoms with E-state index < -0.39 is 0 Å². The highest BCUT2D eigenvalue weighted by Gasteiger charge is 2.03. The normalized spacial score (nSPS) is 11.4. The van der Waals surface area contributed by atoms with Crippen molar-refractivity contribution in [3.8, 4) is 0 Å². The Labute approximate surface area is 106 Å². The third-order valence-electron chi connectivity index (χ3n) is 2.95. The maximum absolute atomic E-state index is 3.46. The summed E-state index contributed by atoms with van der Waals surface area (Å²) < 4.78 is 0. The highest BCUT2D eigenvalue weighted by Crippen LogP contribution is 2.06. The van der Waals surface area contributed by atoms with E-state index in [1.54, 1.807) is 0 Å². The summed E-state index contributed by atoms with van der Waals surface area (Å²) >= 11 is 0. The van der Waals surface area contributed by atoms with Crippen LogP contribution in [-0.2, 0) is 6.54 Å². The van der Waals surface area contributed by atoms with E-state index in [1.807, 2.05) is 0 Å². The van der Waals surface area contributed by atoms with Gasteiger partial charge in [0.1, 0.15) is 0 Å². The number of likely N-dealkylation sites (N-methyl/N-ethyl adjacent to an activating group) is 1. The van der Waals surface area contributed by atoms with Gasteiger partial charge in [0.15, 0.2) is 0 Å². The second-order valence-corrected chi connectivity index (χ2v) is 4.96. The van der Waals surface area contributed by atoms with Crippen LogP contribution >= 0.6 is 0 Å². The summed E-state index contributed by atoms with van der Waals surface area (Å²) in [5, 5.41) is 3.46. The highest BCUT2D eigenvalue weighted by molar-refractivity contribution is 5.21. The first kappa shape index (κ1) is 14.2. The molecule has 1 N–H and O–H groups in total. The fourth-order valence-electron chi connectivity index (χ4n) is 1.81. The Morgan fingerprint density at radius 2 is 1.82 bits per heavy atom. The summed E-state index contributed by atoms with van der Waals surface area (Å²) in [7, 11) is 0. The lowest BCUT2D eigenvalue weighted by atomic mass is 10.1. The topological polar surface area (TPSA) is 15.3 Å². The molecule has 0 spiro atoms. The molecule has 17 heavy (non-hydrogen) atoms. The molecule has 0 saturated carbocycles. The van der Waals surface area contributed by atoms with E-state index in [4.69, 9.17) is 0 Å². The Bertz CT molecular complexity index is 303. The number of nitrogens with one attached hydrogen (secondary N) is 1. The summed E-state index contributed by atoms with van der Waals surface area (Å²) in [4.78, 5) is 2.47. The zero-order valence-electron chi connectivity index (χ0n) is 11.7. The minimum atomic E-state index is 0.577. The molecule has 2 heteroatoms. The summed E-state index contributed by atoms with van der Waals surface area (Å²) in [5.74, 6) is 0. The molecule has 0 aliphatic rings. The Morgan fingerprint density at radius 1 is 1.18 bits per heavy atom. The van der Waals surface area contributed by atoms with Crippen LogP contribution in [0.4, 0.5) is 0 Å². The van der Waals surface area contributed by atoms with Gasteiger partial charge >= 0.3 is 0 Å². The van der Waals surface area contributed by atoms with Crippen LogP contribution in [0.15, 0.2) is 24.3 Å². The van der Waals surface area contributed by atoms with Crippen LogP contribution in [0.3, 0.4) is 0 Å². The van der Waals surface area contributed by atoms with Crippen LogP contribution in [0.5, 0.6) is 0 Å². The monoisotopic (exact) mass is 234 g/mol. The molecule has 0 bridgehead atoms. The van der Waals surface area contributed by atoms with Crippen LogP contribution in [0.25, 0.3) is 0 Å². The van der Waals surface area contributed by atoms with Crippen molar-refractivity contribution >= 4 is 0 Å². The summed E-state index contributed by atoms with van der Waals surface area (Å²) in [5.41, 5.74) is 2.74. The maximum Gasteiger partial charge on any atom is 0.0234 e. The quantitative estimate of drug-likeness (QED) is 0.780. The predicted octanol–water partition coefficient (Wildman–Crippen LogP) is 2.81. The molecule has 1 rings (SSSR count). The summed E-state index contributed by atoms with van der Waals surface area (Å²) in [6.07, 6.45) is 0. The Kier molecular flexibility index (Phi) is 6.23. The molecule has 0 saturated heterocycles. The van der Waals surface area contributed by atoms with Crippen LogP contribution in [0, 0.1) is 6.92 Å². The van der Waals surface area contributed by atoms with Gasteiger partial charge in [0.25, 0.3) is 0 Å². The van der Waals surface area contributed by atoms with Gasteiger partial charge in [-0.3, -0.25) is 4.90 Å². The number of nitrogens with zero attached hydrogens (tertiary/aromatic N) is 1. The van der Waals surface area contributed by atoms with Gasteiger partial charge in [0.2, 0.25) is 0 Å². The molecule has 96 valence electrons. The number of benzene rings is 1. The second-order valence-electron chi connectivity index (χ2n) is 4.96. The first-order chi connectivity index (χ1) is 8.11. The van der Waals surface area contributed by atoms with Crippen LogP contribution in [-0.4, -0.2) is 30.6 Å². The Hall–Kier alpha value is -0.860. The molecule has 0 unspecified atom stereocenters. The van der Waals surface area contributed by atoms with Crippen LogP contribution in [0.2, 0.25) is 0 Å². The van der Waals surface area contributed by atoms with E-state index in [1.165, 1.54) is 11.1 Å². The van der Waals surface area contributed by atoms with Crippen molar-refractivity contribution in [2.75, 3.05) is 19.6 Å². The molecular weight excluding hydrogens is 208 g/mol. The molecule has 0 radical (unpaired) electrons. The van der Waals surface area contributed by atoms with Crippen LogP contribution < -0.4 is 5.32 Å². The third kappa shape index (κ3) is 5.85. The fourth-order valence-corrected chi connectivity index (χ4v) is 1.81. The first-order valence-electron chi connectivity index (χ1n) is 6.63. The van der Waals surface area contributed by atoms with Crippen LogP contribution in [0.1, 0.15) is 31.9 Å². The average molecular weight is 234 g/mol. The molecule has 0 aliphatic carbocycles. The van der Waals surface area contributed by atoms with Crippen molar-refractivity contribution in [2.24, 2.45) is 0 Å². The zero-order chi connectivity index (χ0) is 12.7.